The van der Waals surface area contributed by atoms with Gasteiger partial charge in [-0.25, -0.2) is 0 Å². The molecule has 0 aliphatic heterocycles. The normalized spacial score (nSPS) is 10.8. The van der Waals surface area contributed by atoms with Crippen molar-refractivity contribution in [3.05, 3.63) is 55.9 Å². The zero-order valence-corrected chi connectivity index (χ0v) is 17.0. The van der Waals surface area contributed by atoms with Gasteiger partial charge in [0.25, 0.3) is 0 Å². The Labute approximate surface area is 176 Å². The number of nitrogens with zero attached hydrogens (tertiary/aromatic N) is 4. The van der Waals surface area contributed by atoms with E-state index in [9.17, 15) is 29.4 Å². The number of carbonyl (C=O) groups is 1. The Bertz CT molecular complexity index is 1060. The number of amides is 1. The highest BCUT2D eigenvalue weighted by atomic mass is 19.1. The summed E-state index contributed by atoms with van der Waals surface area (Å²) in [5.74, 6) is -1.20. The number of nitro benzene ring substituents is 2. The standard InChI is InChI=1S/C19H20FN5O6/c1-4-5-6-12-7-14(21-11(2)26)15(9-19(12)31-3)22-23-16-8-13(20)17(24(27)28)10-18(16)25(29)30/h7-10H,4-6H2,1-3H3,(H,21,26). The maximum atomic E-state index is 14.0. The quantitative estimate of drug-likeness (QED) is 0.319. The average molecular weight is 433 g/mol. The number of hydrogen-bond donors (Lipinski definition) is 1. The van der Waals surface area contributed by atoms with Crippen molar-refractivity contribution >= 4 is 34.3 Å². The lowest BCUT2D eigenvalue weighted by molar-refractivity contribution is -0.395. The Morgan fingerprint density at radius 3 is 2.29 bits per heavy atom. The molecule has 0 saturated carbocycles. The van der Waals surface area contributed by atoms with Crippen molar-refractivity contribution in [2.45, 2.75) is 33.1 Å². The van der Waals surface area contributed by atoms with Crippen LogP contribution in [0.4, 0.5) is 32.8 Å². The number of methoxy groups -OCH3 is 1. The van der Waals surface area contributed by atoms with Gasteiger partial charge < -0.3 is 10.1 Å². The maximum Gasteiger partial charge on any atom is 0.311 e. The summed E-state index contributed by atoms with van der Waals surface area (Å²) >= 11 is 0. The van der Waals surface area contributed by atoms with Gasteiger partial charge in [0.15, 0.2) is 5.69 Å². The van der Waals surface area contributed by atoms with Gasteiger partial charge in [0, 0.05) is 19.1 Å². The van der Waals surface area contributed by atoms with Gasteiger partial charge in [-0.05, 0) is 24.5 Å². The van der Waals surface area contributed by atoms with Gasteiger partial charge in [0.05, 0.1) is 28.7 Å². The molecule has 0 atom stereocenters. The van der Waals surface area contributed by atoms with E-state index in [0.29, 0.717) is 24.3 Å². The van der Waals surface area contributed by atoms with Gasteiger partial charge >= 0.3 is 11.4 Å². The fourth-order valence-corrected chi connectivity index (χ4v) is 2.75. The summed E-state index contributed by atoms with van der Waals surface area (Å²) in [6, 6.07) is 4.19. The lowest BCUT2D eigenvalue weighted by Gasteiger charge is -2.13. The van der Waals surface area contributed by atoms with Crippen molar-refractivity contribution in [2.24, 2.45) is 10.2 Å². The van der Waals surface area contributed by atoms with Crippen molar-refractivity contribution in [1.29, 1.82) is 0 Å². The van der Waals surface area contributed by atoms with E-state index >= 15 is 0 Å². The smallest absolute Gasteiger partial charge is 0.311 e. The summed E-state index contributed by atoms with van der Waals surface area (Å²) < 4.78 is 19.3. The van der Waals surface area contributed by atoms with Crippen LogP contribution in [0.15, 0.2) is 34.5 Å². The minimum absolute atomic E-state index is 0.111. The van der Waals surface area contributed by atoms with Crippen molar-refractivity contribution in [2.75, 3.05) is 12.4 Å². The fraction of sp³-hybridized carbons (Fsp3) is 0.316. The number of rotatable bonds is 9. The van der Waals surface area contributed by atoms with Gasteiger partial charge in [-0.15, -0.1) is 10.2 Å². The van der Waals surface area contributed by atoms with E-state index in [0.717, 1.165) is 18.4 Å². The monoisotopic (exact) mass is 433 g/mol. The Morgan fingerprint density at radius 1 is 1.10 bits per heavy atom. The molecule has 0 radical (unpaired) electrons. The number of carbonyl (C=O) groups excluding carboxylic acids is 1. The Kier molecular flexibility index (Phi) is 7.66. The molecule has 2 aromatic rings. The van der Waals surface area contributed by atoms with Crippen molar-refractivity contribution in [3.63, 3.8) is 0 Å². The van der Waals surface area contributed by atoms with Gasteiger partial charge in [-0.3, -0.25) is 25.0 Å². The number of hydrogen-bond acceptors (Lipinski definition) is 8. The third-order valence-electron chi connectivity index (χ3n) is 4.21. The van der Waals surface area contributed by atoms with Crippen molar-refractivity contribution < 1.29 is 23.8 Å². The number of aryl methyl sites for hydroxylation is 1. The number of unbranched alkanes of at least 4 members (excludes halogenated alkanes) is 1. The topological polar surface area (TPSA) is 149 Å². The van der Waals surface area contributed by atoms with Crippen molar-refractivity contribution in [3.8, 4) is 5.75 Å². The molecule has 0 aliphatic rings. The highest BCUT2D eigenvalue weighted by molar-refractivity contribution is 5.92. The predicted octanol–water partition coefficient (Wildman–Crippen LogP) is 5.37. The third kappa shape index (κ3) is 5.78. The first kappa shape index (κ1) is 23.3. The summed E-state index contributed by atoms with van der Waals surface area (Å²) in [6.07, 6.45) is 2.50. The number of anilines is 1. The first-order valence-corrected chi connectivity index (χ1v) is 9.20. The number of nitro groups is 2. The van der Waals surface area contributed by atoms with E-state index in [-0.39, 0.29) is 17.3 Å². The molecule has 12 heteroatoms. The molecule has 1 N–H and O–H groups in total. The molecule has 0 heterocycles. The SMILES string of the molecule is CCCCc1cc(NC(C)=O)c(N=Nc2cc(F)c([N+](=O)[O-])cc2[N+](=O)[O-])cc1OC. The van der Waals surface area contributed by atoms with Crippen LogP contribution in [0, 0.1) is 26.0 Å². The van der Waals surface area contributed by atoms with E-state index in [1.54, 1.807) is 6.07 Å². The second-order valence-electron chi connectivity index (χ2n) is 6.47. The number of ether oxygens (including phenoxy) is 1. The molecule has 1 amide bonds. The minimum atomic E-state index is -1.29. The van der Waals surface area contributed by atoms with Gasteiger partial charge in [0.2, 0.25) is 11.7 Å². The van der Waals surface area contributed by atoms with Crippen LogP contribution in [-0.4, -0.2) is 22.9 Å². The Morgan fingerprint density at radius 2 is 1.74 bits per heavy atom. The largest absolute Gasteiger partial charge is 0.496 e. The first-order valence-electron chi connectivity index (χ1n) is 9.20. The van der Waals surface area contributed by atoms with E-state index in [2.05, 4.69) is 15.5 Å². The van der Waals surface area contributed by atoms with E-state index in [1.807, 2.05) is 6.92 Å². The summed E-state index contributed by atoms with van der Waals surface area (Å²) in [4.78, 5) is 31.7. The highest BCUT2D eigenvalue weighted by Gasteiger charge is 2.25. The maximum absolute atomic E-state index is 14.0. The van der Waals surface area contributed by atoms with Gasteiger partial charge in [0.1, 0.15) is 11.4 Å². The number of halogens is 1. The minimum Gasteiger partial charge on any atom is -0.496 e. The molecule has 0 saturated heterocycles. The Balaban J connectivity index is 2.58. The molecule has 0 aromatic heterocycles. The molecular weight excluding hydrogens is 413 g/mol. The second kappa shape index (κ2) is 10.2. The molecule has 0 fully saturated rings. The van der Waals surface area contributed by atoms with Crippen LogP contribution in [0.1, 0.15) is 32.3 Å². The van der Waals surface area contributed by atoms with Crippen LogP contribution in [0.2, 0.25) is 0 Å². The first-order chi connectivity index (χ1) is 14.7. The van der Waals surface area contributed by atoms with Crippen LogP contribution in [-0.2, 0) is 11.2 Å². The van der Waals surface area contributed by atoms with Gasteiger partial charge in [-0.2, -0.15) is 4.39 Å². The number of nitrogens with one attached hydrogen (secondary N) is 1. The molecule has 11 nitrogen and oxygen atoms in total. The second-order valence-corrected chi connectivity index (χ2v) is 6.47. The fourth-order valence-electron chi connectivity index (χ4n) is 2.75. The van der Waals surface area contributed by atoms with Crippen LogP contribution in [0.5, 0.6) is 5.75 Å². The molecule has 0 unspecified atom stereocenters. The lowest BCUT2D eigenvalue weighted by Crippen LogP contribution is -2.07. The van der Waals surface area contributed by atoms with Crippen molar-refractivity contribution in [1.82, 2.24) is 0 Å². The number of benzene rings is 2. The molecule has 2 rings (SSSR count). The van der Waals surface area contributed by atoms with E-state index in [4.69, 9.17) is 4.74 Å². The van der Waals surface area contributed by atoms with E-state index in [1.165, 1.54) is 20.1 Å². The third-order valence-corrected chi connectivity index (χ3v) is 4.21. The lowest BCUT2D eigenvalue weighted by atomic mass is 10.1. The summed E-state index contributed by atoms with van der Waals surface area (Å²) in [5.41, 5.74) is -1.14. The van der Waals surface area contributed by atoms with Crippen LogP contribution < -0.4 is 10.1 Å². The molecule has 31 heavy (non-hydrogen) atoms. The highest BCUT2D eigenvalue weighted by Crippen LogP contribution is 2.38. The molecule has 0 spiro atoms. The predicted molar refractivity (Wildman–Crippen MR) is 110 cm³/mol. The summed E-state index contributed by atoms with van der Waals surface area (Å²) in [5, 5.41) is 32.3. The molecule has 0 bridgehead atoms. The van der Waals surface area contributed by atoms with E-state index < -0.39 is 32.7 Å². The molecule has 2 aromatic carbocycles. The van der Waals surface area contributed by atoms with Crippen LogP contribution in [0.25, 0.3) is 0 Å². The zero-order valence-electron chi connectivity index (χ0n) is 17.0. The van der Waals surface area contributed by atoms with Gasteiger partial charge in [-0.1, -0.05) is 13.3 Å². The Hall–Kier alpha value is -3.96. The number of azo groups is 1. The van der Waals surface area contributed by atoms with Crippen LogP contribution in [0.3, 0.4) is 0 Å². The molecule has 0 aliphatic carbocycles. The zero-order chi connectivity index (χ0) is 23.1. The summed E-state index contributed by atoms with van der Waals surface area (Å²) in [6.45, 7) is 3.33. The summed E-state index contributed by atoms with van der Waals surface area (Å²) in [7, 11) is 1.46. The molecular formula is C19H20FN5O6. The molecule has 164 valence electrons. The van der Waals surface area contributed by atoms with Crippen LogP contribution >= 0.6 is 0 Å². The average Bonchev–Trinajstić information content (AvgIpc) is 2.70.